The van der Waals surface area contributed by atoms with Crippen LogP contribution in [0.3, 0.4) is 0 Å². The van der Waals surface area contributed by atoms with Gasteiger partial charge in [0.05, 0.1) is 10.1 Å². The zero-order valence-electron chi connectivity index (χ0n) is 10.2. The summed E-state index contributed by atoms with van der Waals surface area (Å²) in [6.07, 6.45) is 3.25. The Morgan fingerprint density at radius 2 is 2.33 bits per heavy atom. The first kappa shape index (κ1) is 14.3. The maximum Gasteiger partial charge on any atom is 0.212 e. The van der Waals surface area contributed by atoms with Gasteiger partial charge in [0, 0.05) is 17.5 Å². The molecule has 0 aliphatic heterocycles. The summed E-state index contributed by atoms with van der Waals surface area (Å²) in [6.45, 7) is 0.459. The zero-order chi connectivity index (χ0) is 13.2. The molecule has 0 fully saturated rings. The molecule has 18 heavy (non-hydrogen) atoms. The van der Waals surface area contributed by atoms with Crippen molar-refractivity contribution >= 4 is 33.0 Å². The number of nitrogens with one attached hydrogen (secondary N) is 2. The Kier molecular flexibility index (Phi) is 4.66. The maximum absolute atomic E-state index is 11.3. The van der Waals surface area contributed by atoms with Crippen molar-refractivity contribution in [1.29, 1.82) is 0 Å². The number of aryl methyl sites for hydroxylation is 1. The van der Waals surface area contributed by atoms with Gasteiger partial charge in [-0.2, -0.15) is 0 Å². The van der Waals surface area contributed by atoms with Crippen LogP contribution in [-0.2, 0) is 16.4 Å². The summed E-state index contributed by atoms with van der Waals surface area (Å²) in [7, 11) is -1.69. The minimum atomic E-state index is -3.13. The number of halogens is 1. The molecule has 102 valence electrons. The van der Waals surface area contributed by atoms with Crippen molar-refractivity contribution < 1.29 is 8.42 Å². The van der Waals surface area contributed by atoms with Gasteiger partial charge in [0.2, 0.25) is 10.0 Å². The molecule has 0 amide bonds. The molecule has 7 heteroatoms. The molecule has 1 aliphatic rings. The second-order valence-electron chi connectivity index (χ2n) is 4.35. The highest BCUT2D eigenvalue weighted by Crippen LogP contribution is 2.37. The lowest BCUT2D eigenvalue weighted by molar-refractivity contribution is 0.474. The summed E-state index contributed by atoms with van der Waals surface area (Å²) < 4.78 is 25.8. The third-order valence-electron chi connectivity index (χ3n) is 3.16. The van der Waals surface area contributed by atoms with E-state index in [9.17, 15) is 8.42 Å². The predicted molar refractivity (Wildman–Crippen MR) is 75.9 cm³/mol. The molecule has 0 aromatic carbocycles. The molecule has 0 radical (unpaired) electrons. The van der Waals surface area contributed by atoms with Crippen molar-refractivity contribution in [2.24, 2.45) is 0 Å². The van der Waals surface area contributed by atoms with E-state index >= 15 is 0 Å². The SMILES string of the molecule is CNS(=O)(=O)CCNC1CCCc2sc(Cl)cc21. The monoisotopic (exact) mass is 308 g/mol. The van der Waals surface area contributed by atoms with Crippen molar-refractivity contribution in [1.82, 2.24) is 10.0 Å². The molecule has 1 aliphatic carbocycles. The molecule has 0 bridgehead atoms. The number of hydrogen-bond acceptors (Lipinski definition) is 4. The second-order valence-corrected chi connectivity index (χ2v) is 8.17. The molecule has 2 rings (SSSR count). The molecule has 1 aromatic heterocycles. The smallest absolute Gasteiger partial charge is 0.212 e. The Hall–Kier alpha value is -0.140. The van der Waals surface area contributed by atoms with Crippen LogP contribution in [0.25, 0.3) is 0 Å². The predicted octanol–water partition coefficient (Wildman–Crippen LogP) is 1.92. The van der Waals surface area contributed by atoms with Crippen LogP contribution in [0.2, 0.25) is 4.34 Å². The number of rotatable bonds is 5. The fraction of sp³-hybridized carbons (Fsp3) is 0.636. The fourth-order valence-corrected chi connectivity index (χ4v) is 4.18. The Morgan fingerprint density at radius 3 is 3.06 bits per heavy atom. The fourth-order valence-electron chi connectivity index (χ4n) is 2.20. The first-order chi connectivity index (χ1) is 8.52. The molecule has 1 heterocycles. The molecular weight excluding hydrogens is 292 g/mol. The molecule has 1 aromatic rings. The molecule has 1 unspecified atom stereocenters. The van der Waals surface area contributed by atoms with Crippen LogP contribution in [0.1, 0.15) is 29.3 Å². The highest BCUT2D eigenvalue weighted by Gasteiger charge is 2.22. The largest absolute Gasteiger partial charge is 0.309 e. The number of hydrogen-bond donors (Lipinski definition) is 2. The lowest BCUT2D eigenvalue weighted by atomic mass is 9.94. The van der Waals surface area contributed by atoms with E-state index in [4.69, 9.17) is 11.6 Å². The Morgan fingerprint density at radius 1 is 1.56 bits per heavy atom. The van der Waals surface area contributed by atoms with Crippen molar-refractivity contribution in [3.8, 4) is 0 Å². The lowest BCUT2D eigenvalue weighted by Crippen LogP contribution is -2.32. The van der Waals surface area contributed by atoms with Gasteiger partial charge < -0.3 is 5.32 Å². The van der Waals surface area contributed by atoms with Crippen LogP contribution in [0.15, 0.2) is 6.07 Å². The average molecular weight is 309 g/mol. The minimum absolute atomic E-state index is 0.104. The third-order valence-corrected chi connectivity index (χ3v) is 5.86. The van der Waals surface area contributed by atoms with Gasteiger partial charge in [0.1, 0.15) is 0 Å². The van der Waals surface area contributed by atoms with E-state index in [0.29, 0.717) is 6.54 Å². The molecule has 4 nitrogen and oxygen atoms in total. The summed E-state index contributed by atoms with van der Waals surface area (Å²) in [6, 6.07) is 2.25. The average Bonchev–Trinajstić information content (AvgIpc) is 2.70. The molecule has 0 spiro atoms. The van der Waals surface area contributed by atoms with Crippen molar-refractivity contribution in [3.63, 3.8) is 0 Å². The summed E-state index contributed by atoms with van der Waals surface area (Å²) in [5.74, 6) is 0.104. The molecular formula is C11H17ClN2O2S2. The van der Waals surface area contributed by atoms with Gasteiger partial charge in [-0.1, -0.05) is 11.6 Å². The van der Waals surface area contributed by atoms with Gasteiger partial charge in [-0.05, 0) is 37.9 Å². The Balaban J connectivity index is 1.95. The summed E-state index contributed by atoms with van der Waals surface area (Å²) >= 11 is 7.66. The summed E-state index contributed by atoms with van der Waals surface area (Å²) in [5, 5.41) is 3.31. The summed E-state index contributed by atoms with van der Waals surface area (Å²) in [5.41, 5.74) is 1.25. The van der Waals surface area contributed by atoms with Crippen LogP contribution in [0, 0.1) is 0 Å². The number of thiophene rings is 1. The standard InChI is InChI=1S/C11H17ClN2O2S2/c1-13-18(15,16)6-5-14-9-3-2-4-10-8(9)7-11(12)17-10/h7,9,13-14H,2-6H2,1H3. The highest BCUT2D eigenvalue weighted by molar-refractivity contribution is 7.89. The third kappa shape index (κ3) is 3.45. The van der Waals surface area contributed by atoms with Gasteiger partial charge >= 0.3 is 0 Å². The van der Waals surface area contributed by atoms with Gasteiger partial charge in [0.15, 0.2) is 0 Å². The van der Waals surface area contributed by atoms with Crippen LogP contribution >= 0.6 is 22.9 Å². The van der Waals surface area contributed by atoms with Crippen molar-refractivity contribution in [2.45, 2.75) is 25.3 Å². The molecule has 0 saturated carbocycles. The normalized spacial score (nSPS) is 19.8. The Bertz CT molecular complexity index is 513. The van der Waals surface area contributed by atoms with Gasteiger partial charge in [0.25, 0.3) is 0 Å². The number of sulfonamides is 1. The van der Waals surface area contributed by atoms with Crippen molar-refractivity contribution in [2.75, 3.05) is 19.3 Å². The quantitative estimate of drug-likeness (QED) is 0.874. The lowest BCUT2D eigenvalue weighted by Gasteiger charge is -2.23. The first-order valence-corrected chi connectivity index (χ1v) is 8.79. The van der Waals surface area contributed by atoms with E-state index in [1.54, 1.807) is 11.3 Å². The topological polar surface area (TPSA) is 58.2 Å². The van der Waals surface area contributed by atoms with E-state index in [-0.39, 0.29) is 11.8 Å². The van der Waals surface area contributed by atoms with Gasteiger partial charge in [-0.15, -0.1) is 11.3 Å². The highest BCUT2D eigenvalue weighted by atomic mass is 35.5. The van der Waals surface area contributed by atoms with Crippen LogP contribution in [0.4, 0.5) is 0 Å². The second kappa shape index (κ2) is 5.88. The molecule has 1 atom stereocenters. The number of fused-ring (bicyclic) bond motifs is 1. The van der Waals surface area contributed by atoms with Crippen LogP contribution in [0.5, 0.6) is 0 Å². The zero-order valence-corrected chi connectivity index (χ0v) is 12.6. The van der Waals surface area contributed by atoms with E-state index in [0.717, 1.165) is 23.6 Å². The van der Waals surface area contributed by atoms with Gasteiger partial charge in [-0.25, -0.2) is 13.1 Å². The van der Waals surface area contributed by atoms with E-state index in [2.05, 4.69) is 10.0 Å². The summed E-state index contributed by atoms with van der Waals surface area (Å²) in [4.78, 5) is 1.33. The Labute approximate surface area is 117 Å². The van der Waals surface area contributed by atoms with Crippen LogP contribution in [-0.4, -0.2) is 27.8 Å². The molecule has 2 N–H and O–H groups in total. The van der Waals surface area contributed by atoms with E-state index in [1.807, 2.05) is 6.07 Å². The van der Waals surface area contributed by atoms with E-state index < -0.39 is 10.0 Å². The van der Waals surface area contributed by atoms with Gasteiger partial charge in [-0.3, -0.25) is 0 Å². The van der Waals surface area contributed by atoms with Crippen molar-refractivity contribution in [3.05, 3.63) is 20.8 Å². The molecule has 0 saturated heterocycles. The first-order valence-electron chi connectivity index (χ1n) is 5.94. The van der Waals surface area contributed by atoms with E-state index in [1.165, 1.54) is 17.5 Å². The van der Waals surface area contributed by atoms with Crippen LogP contribution < -0.4 is 10.0 Å². The minimum Gasteiger partial charge on any atom is -0.309 e. The maximum atomic E-state index is 11.3.